The molecule has 1 fully saturated rings. The molecule has 0 N–H and O–H groups in total. The van der Waals surface area contributed by atoms with Gasteiger partial charge in [-0.2, -0.15) is 9.57 Å². The molecule has 0 aromatic heterocycles. The molecule has 0 unspecified atom stereocenters. The minimum Gasteiger partial charge on any atom is -0.457 e. The first-order valence-electron chi connectivity index (χ1n) is 8.38. The second-order valence-electron chi connectivity index (χ2n) is 6.10. The number of rotatable bonds is 5. The largest absolute Gasteiger partial charge is 0.457 e. The maximum Gasteiger partial charge on any atom is 0.340 e. The van der Waals surface area contributed by atoms with Gasteiger partial charge in [-0.05, 0) is 37.1 Å². The van der Waals surface area contributed by atoms with Crippen LogP contribution >= 0.6 is 11.6 Å². The molecule has 0 aliphatic carbocycles. The Morgan fingerprint density at radius 2 is 1.89 bits per heavy atom. The van der Waals surface area contributed by atoms with E-state index in [0.29, 0.717) is 24.2 Å². The Morgan fingerprint density at radius 1 is 1.19 bits per heavy atom. The van der Waals surface area contributed by atoms with Crippen LogP contribution in [0.4, 0.5) is 0 Å². The number of sulfonamides is 1. The number of ether oxygens (including phenoxy) is 1. The molecule has 0 radical (unpaired) electrons. The van der Waals surface area contributed by atoms with Gasteiger partial charge in [0.1, 0.15) is 6.61 Å². The average Bonchev–Trinajstić information content (AvgIpc) is 3.22. The Morgan fingerprint density at radius 3 is 2.59 bits per heavy atom. The monoisotopic (exact) mass is 404 g/mol. The van der Waals surface area contributed by atoms with Crippen molar-refractivity contribution in [2.24, 2.45) is 0 Å². The summed E-state index contributed by atoms with van der Waals surface area (Å²) in [6.07, 6.45) is 1.64. The summed E-state index contributed by atoms with van der Waals surface area (Å²) in [7, 11) is -3.67. The Labute approximate surface area is 163 Å². The first-order valence-corrected chi connectivity index (χ1v) is 10.2. The Balaban J connectivity index is 1.82. The topological polar surface area (TPSA) is 87.5 Å². The van der Waals surface area contributed by atoms with Gasteiger partial charge in [0, 0.05) is 18.7 Å². The number of hydrogen-bond acceptors (Lipinski definition) is 5. The number of benzene rings is 2. The van der Waals surface area contributed by atoms with Crippen LogP contribution < -0.4 is 0 Å². The highest BCUT2D eigenvalue weighted by Crippen LogP contribution is 2.26. The lowest BCUT2D eigenvalue weighted by Gasteiger charge is -2.16. The molecule has 140 valence electrons. The van der Waals surface area contributed by atoms with E-state index in [0.717, 1.165) is 12.8 Å². The summed E-state index contributed by atoms with van der Waals surface area (Å²) in [5.74, 6) is -0.744. The van der Waals surface area contributed by atoms with E-state index in [1.165, 1.54) is 22.5 Å². The summed E-state index contributed by atoms with van der Waals surface area (Å²) in [6, 6.07) is 12.8. The molecule has 6 nitrogen and oxygen atoms in total. The van der Waals surface area contributed by atoms with E-state index in [4.69, 9.17) is 21.6 Å². The van der Waals surface area contributed by atoms with Crippen LogP contribution in [0.1, 0.15) is 34.3 Å². The lowest BCUT2D eigenvalue weighted by atomic mass is 10.1. The SMILES string of the molecule is N#Cc1ccccc1COC(=O)c1cc(S(=O)(=O)N2CCCC2)ccc1Cl. The number of esters is 1. The molecule has 0 amide bonds. The molecule has 0 spiro atoms. The van der Waals surface area contributed by atoms with Crippen LogP contribution in [0.15, 0.2) is 47.4 Å². The molecule has 27 heavy (non-hydrogen) atoms. The van der Waals surface area contributed by atoms with Crippen molar-refractivity contribution < 1.29 is 17.9 Å². The predicted octanol–water partition coefficient (Wildman–Crippen LogP) is 3.35. The van der Waals surface area contributed by atoms with Crippen molar-refractivity contribution in [2.45, 2.75) is 24.3 Å². The fourth-order valence-electron chi connectivity index (χ4n) is 2.88. The number of hydrogen-bond donors (Lipinski definition) is 0. The van der Waals surface area contributed by atoms with Gasteiger partial charge in [-0.1, -0.05) is 29.8 Å². The average molecular weight is 405 g/mol. The quantitative estimate of drug-likeness (QED) is 0.713. The number of halogens is 1. The summed E-state index contributed by atoms with van der Waals surface area (Å²) in [4.78, 5) is 12.5. The van der Waals surface area contributed by atoms with Crippen LogP contribution in [0.3, 0.4) is 0 Å². The molecule has 0 atom stereocenters. The van der Waals surface area contributed by atoms with Gasteiger partial charge in [0.05, 0.1) is 27.1 Å². The van der Waals surface area contributed by atoms with E-state index in [1.807, 2.05) is 6.07 Å². The maximum absolute atomic E-state index is 12.7. The predicted molar refractivity (Wildman–Crippen MR) is 99.7 cm³/mol. The summed E-state index contributed by atoms with van der Waals surface area (Å²) in [5, 5.41) is 9.20. The summed E-state index contributed by atoms with van der Waals surface area (Å²) < 4.78 is 32.0. The van der Waals surface area contributed by atoms with Gasteiger partial charge in [0.25, 0.3) is 0 Å². The molecule has 1 aliphatic rings. The van der Waals surface area contributed by atoms with Gasteiger partial charge >= 0.3 is 5.97 Å². The Bertz CT molecular complexity index is 1010. The normalized spacial score (nSPS) is 14.7. The molecular weight excluding hydrogens is 388 g/mol. The third kappa shape index (κ3) is 4.14. The summed E-state index contributed by atoms with van der Waals surface area (Å²) in [6.45, 7) is 0.827. The van der Waals surface area contributed by atoms with Gasteiger partial charge < -0.3 is 4.74 Å². The lowest BCUT2D eigenvalue weighted by molar-refractivity contribution is 0.0472. The first-order chi connectivity index (χ1) is 12.9. The third-order valence-electron chi connectivity index (χ3n) is 4.36. The highest BCUT2D eigenvalue weighted by Gasteiger charge is 2.28. The Kier molecular flexibility index (Phi) is 5.80. The molecule has 1 heterocycles. The van der Waals surface area contributed by atoms with E-state index in [2.05, 4.69) is 0 Å². The number of carbonyl (C=O) groups is 1. The van der Waals surface area contributed by atoms with E-state index in [-0.39, 0.29) is 22.1 Å². The molecular formula is C19H17ClN2O4S. The minimum absolute atomic E-state index is 0.0122. The van der Waals surface area contributed by atoms with Crippen LogP contribution in [0.2, 0.25) is 5.02 Å². The van der Waals surface area contributed by atoms with Crippen molar-refractivity contribution in [1.29, 1.82) is 5.26 Å². The molecule has 2 aromatic rings. The van der Waals surface area contributed by atoms with Gasteiger partial charge in [-0.15, -0.1) is 0 Å². The van der Waals surface area contributed by atoms with Crippen LogP contribution in [-0.2, 0) is 21.4 Å². The van der Waals surface area contributed by atoms with Crippen LogP contribution in [0, 0.1) is 11.3 Å². The zero-order valence-electron chi connectivity index (χ0n) is 14.4. The molecule has 8 heteroatoms. The minimum atomic E-state index is -3.67. The summed E-state index contributed by atoms with van der Waals surface area (Å²) >= 11 is 6.08. The Hall–Kier alpha value is -2.40. The fraction of sp³-hybridized carbons (Fsp3) is 0.263. The molecule has 3 rings (SSSR count). The third-order valence-corrected chi connectivity index (χ3v) is 6.58. The molecule has 0 saturated carbocycles. The zero-order chi connectivity index (χ0) is 19.4. The molecule has 1 aliphatic heterocycles. The van der Waals surface area contributed by atoms with Crippen molar-refractivity contribution in [3.63, 3.8) is 0 Å². The zero-order valence-corrected chi connectivity index (χ0v) is 16.0. The van der Waals surface area contributed by atoms with Crippen molar-refractivity contribution in [3.05, 3.63) is 64.2 Å². The number of nitriles is 1. The lowest BCUT2D eigenvalue weighted by Crippen LogP contribution is -2.28. The van der Waals surface area contributed by atoms with Gasteiger partial charge in [0.15, 0.2) is 0 Å². The summed E-state index contributed by atoms with van der Waals surface area (Å²) in [5.41, 5.74) is 0.943. The second-order valence-corrected chi connectivity index (χ2v) is 8.44. The second kappa shape index (κ2) is 8.09. The van der Waals surface area contributed by atoms with Crippen LogP contribution in [0.5, 0.6) is 0 Å². The van der Waals surface area contributed by atoms with Crippen molar-refractivity contribution in [1.82, 2.24) is 4.31 Å². The molecule has 2 aromatic carbocycles. The van der Waals surface area contributed by atoms with Crippen molar-refractivity contribution >= 4 is 27.6 Å². The van der Waals surface area contributed by atoms with Gasteiger partial charge in [0.2, 0.25) is 10.0 Å². The van der Waals surface area contributed by atoms with E-state index in [9.17, 15) is 13.2 Å². The molecule has 0 bridgehead atoms. The highest BCUT2D eigenvalue weighted by atomic mass is 35.5. The van der Waals surface area contributed by atoms with Crippen LogP contribution in [-0.4, -0.2) is 31.8 Å². The van der Waals surface area contributed by atoms with E-state index >= 15 is 0 Å². The standard InChI is InChI=1S/C19H17ClN2O4S/c20-18-8-7-16(27(24,25)22-9-3-4-10-22)11-17(18)19(23)26-13-15-6-2-1-5-14(15)12-21/h1-2,5-8,11H,3-4,9-10,13H2. The van der Waals surface area contributed by atoms with Crippen LogP contribution in [0.25, 0.3) is 0 Å². The maximum atomic E-state index is 12.7. The van der Waals surface area contributed by atoms with E-state index < -0.39 is 16.0 Å². The number of carbonyl (C=O) groups excluding carboxylic acids is 1. The van der Waals surface area contributed by atoms with Gasteiger partial charge in [-0.3, -0.25) is 0 Å². The van der Waals surface area contributed by atoms with Crippen molar-refractivity contribution in [2.75, 3.05) is 13.1 Å². The fourth-order valence-corrected chi connectivity index (χ4v) is 4.61. The number of nitrogens with zero attached hydrogens (tertiary/aromatic N) is 2. The highest BCUT2D eigenvalue weighted by molar-refractivity contribution is 7.89. The van der Waals surface area contributed by atoms with Crippen molar-refractivity contribution in [3.8, 4) is 6.07 Å². The smallest absolute Gasteiger partial charge is 0.340 e. The van der Waals surface area contributed by atoms with E-state index in [1.54, 1.807) is 24.3 Å². The van der Waals surface area contributed by atoms with Gasteiger partial charge in [-0.25, -0.2) is 13.2 Å². The first kappa shape index (κ1) is 19.4. The molecule has 1 saturated heterocycles.